The minimum Gasteiger partial charge on any atom is -0.368 e. The van der Waals surface area contributed by atoms with Crippen LogP contribution in [0.15, 0.2) is 27.6 Å². The van der Waals surface area contributed by atoms with Crippen LogP contribution in [0.4, 0.5) is 4.39 Å². The van der Waals surface area contributed by atoms with Crippen LogP contribution in [0.1, 0.15) is 12.8 Å². The molecule has 1 atom stereocenters. The third-order valence-electron chi connectivity index (χ3n) is 3.01. The second kappa shape index (κ2) is 5.18. The molecule has 0 aliphatic carbocycles. The average Bonchev–Trinajstić information content (AvgIpc) is 2.77. The number of carbonyl (C=O) groups is 1. The molecule has 1 saturated heterocycles. The van der Waals surface area contributed by atoms with E-state index in [4.69, 9.17) is 5.73 Å². The summed E-state index contributed by atoms with van der Waals surface area (Å²) >= 11 is 3.06. The van der Waals surface area contributed by atoms with E-state index in [1.54, 1.807) is 0 Å². The van der Waals surface area contributed by atoms with Gasteiger partial charge in [0.25, 0.3) is 0 Å². The van der Waals surface area contributed by atoms with E-state index < -0.39 is 32.7 Å². The number of hydrogen-bond donors (Lipinski definition) is 1. The molecule has 5 nitrogen and oxygen atoms in total. The molecule has 1 unspecified atom stereocenters. The Morgan fingerprint density at radius 2 is 2.16 bits per heavy atom. The van der Waals surface area contributed by atoms with Crippen molar-refractivity contribution in [1.29, 1.82) is 0 Å². The molecule has 1 aliphatic heterocycles. The van der Waals surface area contributed by atoms with Crippen LogP contribution in [0, 0.1) is 5.82 Å². The number of primary amides is 1. The predicted octanol–water partition coefficient (Wildman–Crippen LogP) is 1.23. The number of nitrogens with two attached hydrogens (primary N) is 1. The van der Waals surface area contributed by atoms with E-state index in [0.29, 0.717) is 17.3 Å². The number of benzene rings is 1. The zero-order chi connectivity index (χ0) is 14.2. The van der Waals surface area contributed by atoms with Gasteiger partial charge in [0.2, 0.25) is 15.9 Å². The number of sulfonamides is 1. The minimum absolute atomic E-state index is 0.172. The summed E-state index contributed by atoms with van der Waals surface area (Å²) in [4.78, 5) is 10.8. The maximum absolute atomic E-state index is 13.8. The van der Waals surface area contributed by atoms with Crippen LogP contribution < -0.4 is 5.73 Å². The Kier molecular flexibility index (Phi) is 3.93. The van der Waals surface area contributed by atoms with Gasteiger partial charge in [0.1, 0.15) is 16.8 Å². The normalized spacial score (nSPS) is 20.6. The number of nitrogens with zero attached hydrogens (tertiary/aromatic N) is 1. The van der Waals surface area contributed by atoms with Gasteiger partial charge in [-0.3, -0.25) is 4.79 Å². The fraction of sp³-hybridized carbons (Fsp3) is 0.364. The largest absolute Gasteiger partial charge is 0.368 e. The van der Waals surface area contributed by atoms with E-state index in [1.807, 2.05) is 0 Å². The van der Waals surface area contributed by atoms with Crippen molar-refractivity contribution in [1.82, 2.24) is 4.31 Å². The molecule has 8 heteroatoms. The highest BCUT2D eigenvalue weighted by Crippen LogP contribution is 2.28. The summed E-state index contributed by atoms with van der Waals surface area (Å²) in [6.07, 6.45) is 0.900. The van der Waals surface area contributed by atoms with Gasteiger partial charge in [-0.2, -0.15) is 4.31 Å². The molecule has 1 aliphatic rings. The highest BCUT2D eigenvalue weighted by molar-refractivity contribution is 9.10. The summed E-state index contributed by atoms with van der Waals surface area (Å²) in [5, 5.41) is 0. The van der Waals surface area contributed by atoms with Gasteiger partial charge in [0, 0.05) is 11.0 Å². The van der Waals surface area contributed by atoms with Gasteiger partial charge in [-0.15, -0.1) is 0 Å². The van der Waals surface area contributed by atoms with Crippen molar-refractivity contribution in [2.75, 3.05) is 6.54 Å². The monoisotopic (exact) mass is 350 g/mol. The quantitative estimate of drug-likeness (QED) is 0.889. The first-order chi connectivity index (χ1) is 8.84. The molecule has 2 rings (SSSR count). The first kappa shape index (κ1) is 14.4. The van der Waals surface area contributed by atoms with E-state index >= 15 is 0 Å². The van der Waals surface area contributed by atoms with Crippen LogP contribution >= 0.6 is 15.9 Å². The molecule has 1 heterocycles. The molecule has 104 valence electrons. The van der Waals surface area contributed by atoms with Gasteiger partial charge < -0.3 is 5.73 Å². The van der Waals surface area contributed by atoms with Gasteiger partial charge >= 0.3 is 0 Å². The summed E-state index contributed by atoms with van der Waals surface area (Å²) in [7, 11) is -4.04. The maximum Gasteiger partial charge on any atom is 0.246 e. The van der Waals surface area contributed by atoms with E-state index in [-0.39, 0.29) is 6.54 Å². The summed E-state index contributed by atoms with van der Waals surface area (Å²) in [6.45, 7) is 0.172. The first-order valence-corrected chi connectivity index (χ1v) is 7.83. The van der Waals surface area contributed by atoms with Crippen molar-refractivity contribution in [3.05, 3.63) is 28.5 Å². The number of hydrogen-bond acceptors (Lipinski definition) is 3. The molecule has 19 heavy (non-hydrogen) atoms. The van der Waals surface area contributed by atoms with E-state index in [0.717, 1.165) is 10.4 Å². The summed E-state index contributed by atoms with van der Waals surface area (Å²) in [5.41, 5.74) is 5.18. The zero-order valence-electron chi connectivity index (χ0n) is 9.84. The molecule has 0 radical (unpaired) electrons. The Balaban J connectivity index is 2.45. The third-order valence-corrected chi connectivity index (χ3v) is 5.45. The van der Waals surface area contributed by atoms with Crippen molar-refractivity contribution in [2.45, 2.75) is 23.8 Å². The highest BCUT2D eigenvalue weighted by Gasteiger charge is 2.39. The molecular weight excluding hydrogens is 339 g/mol. The molecule has 1 aromatic rings. The lowest BCUT2D eigenvalue weighted by atomic mass is 10.2. The van der Waals surface area contributed by atoms with Crippen LogP contribution in [-0.4, -0.2) is 31.2 Å². The molecule has 0 bridgehead atoms. The van der Waals surface area contributed by atoms with Crippen molar-refractivity contribution >= 4 is 31.9 Å². The summed E-state index contributed by atoms with van der Waals surface area (Å²) < 4.78 is 39.9. The predicted molar refractivity (Wildman–Crippen MR) is 70.2 cm³/mol. The summed E-state index contributed by atoms with van der Waals surface area (Å²) in [6, 6.07) is 2.78. The van der Waals surface area contributed by atoms with Crippen LogP contribution in [0.5, 0.6) is 0 Å². The lowest BCUT2D eigenvalue weighted by molar-refractivity contribution is -0.121. The average molecular weight is 351 g/mol. The fourth-order valence-corrected chi connectivity index (χ4v) is 4.17. The fourth-order valence-electron chi connectivity index (χ4n) is 2.12. The number of halogens is 2. The Hall–Kier alpha value is -0.990. The SMILES string of the molecule is NC(=O)C1CCCN1S(=O)(=O)c1ccc(Br)cc1F. The standard InChI is InChI=1S/C11H12BrFN2O3S/c12-7-3-4-10(8(13)6-7)19(17,18)15-5-1-2-9(15)11(14)16/h3-4,6,9H,1-2,5H2,(H2,14,16). The third kappa shape index (κ3) is 2.65. The van der Waals surface area contributed by atoms with Crippen molar-refractivity contribution in [3.8, 4) is 0 Å². The van der Waals surface area contributed by atoms with Crippen LogP contribution in [0.2, 0.25) is 0 Å². The molecule has 1 aromatic carbocycles. The molecule has 1 fully saturated rings. The number of rotatable bonds is 3. The maximum atomic E-state index is 13.8. The Morgan fingerprint density at radius 3 is 2.74 bits per heavy atom. The molecular formula is C11H12BrFN2O3S. The van der Waals surface area contributed by atoms with E-state index in [1.165, 1.54) is 12.1 Å². The molecule has 0 saturated carbocycles. The van der Waals surface area contributed by atoms with Gasteiger partial charge in [-0.05, 0) is 31.0 Å². The Morgan fingerprint density at radius 1 is 1.47 bits per heavy atom. The molecule has 0 spiro atoms. The second-order valence-electron chi connectivity index (χ2n) is 4.25. The zero-order valence-corrected chi connectivity index (χ0v) is 12.2. The van der Waals surface area contributed by atoms with Gasteiger partial charge in [-0.1, -0.05) is 15.9 Å². The smallest absolute Gasteiger partial charge is 0.246 e. The lowest BCUT2D eigenvalue weighted by Crippen LogP contribution is -2.43. The Labute approximate surface area is 118 Å². The molecule has 0 aromatic heterocycles. The first-order valence-electron chi connectivity index (χ1n) is 5.60. The van der Waals surface area contributed by atoms with Crippen molar-refractivity contribution in [3.63, 3.8) is 0 Å². The van der Waals surface area contributed by atoms with Gasteiger partial charge in [0.05, 0.1) is 0 Å². The summed E-state index contributed by atoms with van der Waals surface area (Å²) in [5.74, 6) is -1.57. The number of carbonyl (C=O) groups excluding carboxylic acids is 1. The second-order valence-corrected chi connectivity index (χ2v) is 7.03. The van der Waals surface area contributed by atoms with E-state index in [2.05, 4.69) is 15.9 Å². The Bertz CT molecular complexity index is 620. The van der Waals surface area contributed by atoms with Gasteiger partial charge in [-0.25, -0.2) is 12.8 Å². The van der Waals surface area contributed by atoms with Crippen molar-refractivity contribution < 1.29 is 17.6 Å². The topological polar surface area (TPSA) is 80.5 Å². The minimum atomic E-state index is -4.04. The number of amides is 1. The van der Waals surface area contributed by atoms with Crippen LogP contribution in [0.3, 0.4) is 0 Å². The molecule has 1 amide bonds. The highest BCUT2D eigenvalue weighted by atomic mass is 79.9. The van der Waals surface area contributed by atoms with Gasteiger partial charge in [0.15, 0.2) is 0 Å². The van der Waals surface area contributed by atoms with E-state index in [9.17, 15) is 17.6 Å². The molecule has 2 N–H and O–H groups in total. The van der Waals surface area contributed by atoms with Crippen LogP contribution in [-0.2, 0) is 14.8 Å². The van der Waals surface area contributed by atoms with Crippen molar-refractivity contribution in [2.24, 2.45) is 5.73 Å². The lowest BCUT2D eigenvalue weighted by Gasteiger charge is -2.21. The van der Waals surface area contributed by atoms with Crippen LogP contribution in [0.25, 0.3) is 0 Å².